The Bertz CT molecular complexity index is 1240. The van der Waals surface area contributed by atoms with Gasteiger partial charge in [0.05, 0.1) is 11.5 Å². The number of nitrogens with one attached hydrogen (secondary N) is 1. The zero-order valence-electron chi connectivity index (χ0n) is 18.8. The number of amides is 1. The Balaban J connectivity index is 1.54. The van der Waals surface area contributed by atoms with E-state index in [-0.39, 0.29) is 11.5 Å². The highest BCUT2D eigenvalue weighted by atomic mass is 32.2. The lowest BCUT2D eigenvalue weighted by atomic mass is 9.80. The molecule has 0 aliphatic carbocycles. The normalized spacial score (nSPS) is 11.8. The fourth-order valence-corrected chi connectivity index (χ4v) is 4.28. The average molecular weight is 483 g/mol. The molecule has 9 nitrogen and oxygen atoms in total. The van der Waals surface area contributed by atoms with Gasteiger partial charge in [-0.05, 0) is 60.5 Å². The SMILES string of the molecule is CN(C)Cc1ccc(S(=O)(=O)n2ccc(C=CC(=O)NOCc3ccc(B(O)O)cc3)c2)cc1. The van der Waals surface area contributed by atoms with E-state index < -0.39 is 23.0 Å². The van der Waals surface area contributed by atoms with E-state index in [0.717, 1.165) is 15.1 Å². The molecular weight excluding hydrogens is 457 g/mol. The summed E-state index contributed by atoms with van der Waals surface area (Å²) in [6.45, 7) is 0.800. The smallest absolute Gasteiger partial charge is 0.423 e. The maximum Gasteiger partial charge on any atom is 0.488 e. The van der Waals surface area contributed by atoms with Crippen molar-refractivity contribution in [3.8, 4) is 0 Å². The van der Waals surface area contributed by atoms with Crippen LogP contribution in [0.15, 0.2) is 78.0 Å². The van der Waals surface area contributed by atoms with Crippen molar-refractivity contribution in [1.82, 2.24) is 14.4 Å². The van der Waals surface area contributed by atoms with E-state index >= 15 is 0 Å². The van der Waals surface area contributed by atoms with Crippen LogP contribution in [0.4, 0.5) is 0 Å². The van der Waals surface area contributed by atoms with Crippen molar-refractivity contribution in [3.05, 3.63) is 89.8 Å². The Morgan fingerprint density at radius 2 is 1.71 bits per heavy atom. The zero-order valence-corrected chi connectivity index (χ0v) is 19.6. The Labute approximate surface area is 199 Å². The van der Waals surface area contributed by atoms with Gasteiger partial charge >= 0.3 is 7.12 Å². The summed E-state index contributed by atoms with van der Waals surface area (Å²) in [6, 6.07) is 14.7. The second-order valence-electron chi connectivity index (χ2n) is 7.87. The van der Waals surface area contributed by atoms with E-state index in [1.54, 1.807) is 54.6 Å². The Hall–Kier alpha value is -3.22. The molecule has 0 atom stereocenters. The minimum atomic E-state index is -3.74. The molecule has 178 valence electrons. The first-order valence-corrected chi connectivity index (χ1v) is 11.8. The molecule has 3 aromatic rings. The minimum absolute atomic E-state index is 0.0866. The second kappa shape index (κ2) is 11.3. The molecule has 2 aromatic carbocycles. The molecule has 0 aliphatic rings. The van der Waals surface area contributed by atoms with Crippen LogP contribution in [0.1, 0.15) is 16.7 Å². The van der Waals surface area contributed by atoms with Gasteiger partial charge in [-0.3, -0.25) is 9.63 Å². The van der Waals surface area contributed by atoms with Gasteiger partial charge in [0.2, 0.25) is 0 Å². The molecule has 34 heavy (non-hydrogen) atoms. The summed E-state index contributed by atoms with van der Waals surface area (Å²) in [4.78, 5) is 19.3. The van der Waals surface area contributed by atoms with E-state index in [4.69, 9.17) is 14.9 Å². The molecular formula is C23H26BN3O6S. The van der Waals surface area contributed by atoms with Crippen LogP contribution in [0.5, 0.6) is 0 Å². The standard InChI is InChI=1S/C23H26BN3O6S/c1-26(2)15-18-5-10-22(11-6-18)34(31,32)27-14-13-19(16-27)7-12-23(28)25-33-17-20-3-8-21(9-4-20)24(29)30/h3-14,16,29-30H,15,17H2,1-2H3,(H,25,28). The molecule has 0 bridgehead atoms. The number of carbonyl (C=O) groups excluding carboxylic acids is 1. The van der Waals surface area contributed by atoms with Crippen molar-refractivity contribution in [2.24, 2.45) is 0 Å². The van der Waals surface area contributed by atoms with Gasteiger partial charge in [-0.15, -0.1) is 0 Å². The van der Waals surface area contributed by atoms with Gasteiger partial charge in [0.15, 0.2) is 0 Å². The van der Waals surface area contributed by atoms with Gasteiger partial charge in [0.1, 0.15) is 0 Å². The Morgan fingerprint density at radius 1 is 1.06 bits per heavy atom. The number of aromatic nitrogens is 1. The third-order valence-corrected chi connectivity index (χ3v) is 6.45. The molecule has 0 unspecified atom stereocenters. The van der Waals surface area contributed by atoms with Crippen molar-refractivity contribution >= 4 is 34.6 Å². The predicted octanol–water partition coefficient (Wildman–Crippen LogP) is 0.728. The molecule has 0 saturated carbocycles. The number of hydrogen-bond donors (Lipinski definition) is 3. The summed E-state index contributed by atoms with van der Waals surface area (Å²) >= 11 is 0. The first kappa shape index (κ1) is 25.4. The topological polar surface area (TPSA) is 121 Å². The molecule has 3 N–H and O–H groups in total. The van der Waals surface area contributed by atoms with Crippen molar-refractivity contribution < 1.29 is 28.1 Å². The van der Waals surface area contributed by atoms with Crippen LogP contribution in [0.2, 0.25) is 0 Å². The Kier molecular flexibility index (Phi) is 8.43. The zero-order chi connectivity index (χ0) is 24.7. The van der Waals surface area contributed by atoms with Crippen LogP contribution in [0, 0.1) is 0 Å². The molecule has 0 fully saturated rings. The van der Waals surface area contributed by atoms with Gasteiger partial charge in [0.25, 0.3) is 15.9 Å². The minimum Gasteiger partial charge on any atom is -0.423 e. The predicted molar refractivity (Wildman–Crippen MR) is 129 cm³/mol. The third kappa shape index (κ3) is 6.89. The molecule has 3 rings (SSSR count). The van der Waals surface area contributed by atoms with Gasteiger partial charge in [0, 0.05) is 25.0 Å². The van der Waals surface area contributed by atoms with Crippen molar-refractivity contribution in [3.63, 3.8) is 0 Å². The van der Waals surface area contributed by atoms with Crippen LogP contribution in [0.3, 0.4) is 0 Å². The average Bonchev–Trinajstić information content (AvgIpc) is 3.28. The highest BCUT2D eigenvalue weighted by Gasteiger charge is 2.16. The van der Waals surface area contributed by atoms with Gasteiger partial charge in [-0.1, -0.05) is 36.4 Å². The van der Waals surface area contributed by atoms with Crippen LogP contribution >= 0.6 is 0 Å². The lowest BCUT2D eigenvalue weighted by Crippen LogP contribution is -2.29. The molecule has 0 spiro atoms. The van der Waals surface area contributed by atoms with Crippen LogP contribution in [-0.4, -0.2) is 54.5 Å². The highest BCUT2D eigenvalue weighted by molar-refractivity contribution is 7.90. The first-order chi connectivity index (χ1) is 16.1. The van der Waals surface area contributed by atoms with Crippen molar-refractivity contribution in [1.29, 1.82) is 0 Å². The van der Waals surface area contributed by atoms with E-state index in [1.807, 2.05) is 19.0 Å². The fourth-order valence-electron chi connectivity index (χ4n) is 3.08. The summed E-state index contributed by atoms with van der Waals surface area (Å²) in [6.07, 6.45) is 5.55. The monoisotopic (exact) mass is 483 g/mol. The summed E-state index contributed by atoms with van der Waals surface area (Å²) in [5.41, 5.74) is 4.89. The molecule has 0 radical (unpaired) electrons. The molecule has 1 heterocycles. The summed E-state index contributed by atoms with van der Waals surface area (Å²) < 4.78 is 26.8. The van der Waals surface area contributed by atoms with Crippen molar-refractivity contribution in [2.75, 3.05) is 14.1 Å². The lowest BCUT2D eigenvalue weighted by molar-refractivity contribution is -0.129. The van der Waals surface area contributed by atoms with E-state index in [9.17, 15) is 13.2 Å². The third-order valence-electron chi connectivity index (χ3n) is 4.80. The van der Waals surface area contributed by atoms with E-state index in [2.05, 4.69) is 5.48 Å². The maximum atomic E-state index is 12.9. The van der Waals surface area contributed by atoms with Crippen LogP contribution in [0.25, 0.3) is 6.08 Å². The maximum absolute atomic E-state index is 12.9. The number of benzene rings is 2. The molecule has 0 aliphatic heterocycles. The number of carbonyl (C=O) groups is 1. The number of hydroxylamine groups is 1. The Morgan fingerprint density at radius 3 is 2.32 bits per heavy atom. The largest absolute Gasteiger partial charge is 0.488 e. The van der Waals surface area contributed by atoms with Gasteiger partial charge < -0.3 is 14.9 Å². The number of rotatable bonds is 10. The lowest BCUT2D eigenvalue weighted by Gasteiger charge is -2.10. The summed E-state index contributed by atoms with van der Waals surface area (Å²) in [5.74, 6) is -0.519. The van der Waals surface area contributed by atoms with Gasteiger partial charge in [-0.2, -0.15) is 0 Å². The first-order valence-electron chi connectivity index (χ1n) is 10.4. The summed E-state index contributed by atoms with van der Waals surface area (Å²) in [7, 11) is -1.40. The highest BCUT2D eigenvalue weighted by Crippen LogP contribution is 2.17. The van der Waals surface area contributed by atoms with Gasteiger partial charge in [-0.25, -0.2) is 17.9 Å². The van der Waals surface area contributed by atoms with Crippen LogP contribution < -0.4 is 10.9 Å². The van der Waals surface area contributed by atoms with Crippen LogP contribution in [-0.2, 0) is 32.8 Å². The summed E-state index contributed by atoms with van der Waals surface area (Å²) in [5, 5.41) is 18.2. The fraction of sp³-hybridized carbons (Fsp3) is 0.174. The second-order valence-corrected chi connectivity index (χ2v) is 9.71. The quantitative estimate of drug-likeness (QED) is 0.221. The van der Waals surface area contributed by atoms with Crippen molar-refractivity contribution in [2.45, 2.75) is 18.0 Å². The molecule has 1 aromatic heterocycles. The number of hydrogen-bond acceptors (Lipinski definition) is 7. The molecule has 1 amide bonds. The molecule has 11 heteroatoms. The van der Waals surface area contributed by atoms with E-state index in [0.29, 0.717) is 17.6 Å². The molecule has 0 saturated heterocycles. The number of nitrogens with zero attached hydrogens (tertiary/aromatic N) is 2. The van der Waals surface area contributed by atoms with E-state index in [1.165, 1.54) is 24.5 Å².